The molecule has 144 valence electrons. The topological polar surface area (TPSA) is 93.2 Å². The molecule has 1 heterocycles. The minimum Gasteiger partial charge on any atom is -0.496 e. The van der Waals surface area contributed by atoms with Gasteiger partial charge in [-0.1, -0.05) is 47.2 Å². The largest absolute Gasteiger partial charge is 0.496 e. The third-order valence-corrected chi connectivity index (χ3v) is 4.81. The van der Waals surface area contributed by atoms with E-state index in [1.165, 1.54) is 18.4 Å². The number of nitrogens with one attached hydrogen (secondary N) is 2. The fourth-order valence-corrected chi connectivity index (χ4v) is 3.32. The summed E-state index contributed by atoms with van der Waals surface area (Å²) in [6.45, 7) is 2.21. The molecule has 3 rings (SSSR count). The highest BCUT2D eigenvalue weighted by Gasteiger charge is 2.13. The summed E-state index contributed by atoms with van der Waals surface area (Å²) in [6.07, 6.45) is 0.125. The lowest BCUT2D eigenvalue weighted by molar-refractivity contribution is -0.116. The number of carbonyl (C=O) groups excluding carboxylic acids is 2. The highest BCUT2D eigenvalue weighted by molar-refractivity contribution is 7.18. The van der Waals surface area contributed by atoms with Gasteiger partial charge in [0.05, 0.1) is 12.7 Å². The lowest BCUT2D eigenvalue weighted by Crippen LogP contribution is -2.28. The van der Waals surface area contributed by atoms with E-state index in [9.17, 15) is 9.59 Å². The molecule has 1 aromatic heterocycles. The monoisotopic (exact) mass is 396 g/mol. The summed E-state index contributed by atoms with van der Waals surface area (Å²) in [5.74, 6) is -0.0443. The number of aryl methyl sites for hydroxylation is 1. The summed E-state index contributed by atoms with van der Waals surface area (Å²) < 4.78 is 5.17. The molecule has 0 aliphatic heterocycles. The summed E-state index contributed by atoms with van der Waals surface area (Å²) in [4.78, 5) is 24.3. The van der Waals surface area contributed by atoms with Crippen molar-refractivity contribution in [2.45, 2.75) is 13.3 Å². The summed E-state index contributed by atoms with van der Waals surface area (Å²) in [5.41, 5.74) is 2.52. The van der Waals surface area contributed by atoms with E-state index in [2.05, 4.69) is 20.8 Å². The van der Waals surface area contributed by atoms with Crippen molar-refractivity contribution in [3.05, 3.63) is 59.7 Å². The minimum atomic E-state index is -0.289. The number of anilines is 1. The van der Waals surface area contributed by atoms with Gasteiger partial charge in [-0.25, -0.2) is 0 Å². The highest BCUT2D eigenvalue weighted by atomic mass is 32.1. The van der Waals surface area contributed by atoms with Crippen molar-refractivity contribution >= 4 is 28.3 Å². The third-order valence-electron chi connectivity index (χ3n) is 3.93. The van der Waals surface area contributed by atoms with Gasteiger partial charge in [0.1, 0.15) is 10.8 Å². The van der Waals surface area contributed by atoms with Crippen LogP contribution in [0.3, 0.4) is 0 Å². The molecule has 3 aromatic rings. The number of benzene rings is 2. The number of hydrogen-bond donors (Lipinski definition) is 2. The highest BCUT2D eigenvalue weighted by Crippen LogP contribution is 2.26. The fourth-order valence-electron chi connectivity index (χ4n) is 2.57. The van der Waals surface area contributed by atoms with Gasteiger partial charge in [0.25, 0.3) is 5.91 Å². The maximum absolute atomic E-state index is 12.2. The molecule has 0 aliphatic rings. The molecule has 2 amide bonds. The van der Waals surface area contributed by atoms with E-state index < -0.39 is 0 Å². The van der Waals surface area contributed by atoms with Crippen molar-refractivity contribution in [3.8, 4) is 16.3 Å². The number of aromatic nitrogens is 2. The van der Waals surface area contributed by atoms with Crippen LogP contribution in [-0.4, -0.2) is 35.7 Å². The van der Waals surface area contributed by atoms with E-state index >= 15 is 0 Å². The van der Waals surface area contributed by atoms with Gasteiger partial charge in [-0.05, 0) is 25.1 Å². The second-order valence-corrected chi connectivity index (χ2v) is 7.01. The van der Waals surface area contributed by atoms with E-state index in [-0.39, 0.29) is 24.8 Å². The van der Waals surface area contributed by atoms with E-state index in [1.54, 1.807) is 24.3 Å². The molecule has 8 heteroatoms. The molecule has 0 unspecified atom stereocenters. The molecular formula is C20H20N4O3S. The maximum Gasteiger partial charge on any atom is 0.255 e. The second-order valence-electron chi connectivity index (χ2n) is 6.04. The van der Waals surface area contributed by atoms with Crippen molar-refractivity contribution in [3.63, 3.8) is 0 Å². The Labute approximate surface area is 166 Å². The number of hydrogen-bond acceptors (Lipinski definition) is 6. The molecule has 0 fully saturated rings. The first-order chi connectivity index (χ1) is 13.6. The Kier molecular flexibility index (Phi) is 6.33. The van der Waals surface area contributed by atoms with Gasteiger partial charge in [0.2, 0.25) is 11.0 Å². The minimum absolute atomic E-state index is 0.125. The number of ether oxygens (including phenoxy) is 1. The smallest absolute Gasteiger partial charge is 0.255 e. The third kappa shape index (κ3) is 4.92. The maximum atomic E-state index is 12.2. The molecule has 7 nitrogen and oxygen atoms in total. The number of rotatable bonds is 7. The van der Waals surface area contributed by atoms with Crippen molar-refractivity contribution < 1.29 is 14.3 Å². The van der Waals surface area contributed by atoms with Gasteiger partial charge in [-0.3, -0.25) is 9.59 Å². The number of carbonyl (C=O) groups is 2. The van der Waals surface area contributed by atoms with Gasteiger partial charge in [0.15, 0.2) is 0 Å². The zero-order valence-corrected chi connectivity index (χ0v) is 16.4. The molecule has 28 heavy (non-hydrogen) atoms. The molecule has 0 spiro atoms. The summed E-state index contributed by atoms with van der Waals surface area (Å²) >= 11 is 1.31. The van der Waals surface area contributed by atoms with Crippen LogP contribution < -0.4 is 15.4 Å². The molecule has 0 saturated carbocycles. The first-order valence-electron chi connectivity index (χ1n) is 8.68. The normalized spacial score (nSPS) is 10.4. The van der Waals surface area contributed by atoms with Gasteiger partial charge >= 0.3 is 0 Å². The van der Waals surface area contributed by atoms with Crippen molar-refractivity contribution in [2.75, 3.05) is 19.0 Å². The van der Waals surface area contributed by atoms with Crippen LogP contribution >= 0.6 is 11.3 Å². The van der Waals surface area contributed by atoms with Crippen molar-refractivity contribution in [1.29, 1.82) is 0 Å². The van der Waals surface area contributed by atoms with Crippen molar-refractivity contribution in [2.24, 2.45) is 0 Å². The standard InChI is InChI=1S/C20H20N4O3S/c1-13-6-5-7-14(12-13)19-23-24-20(28-19)22-17(25)10-11-21-18(26)15-8-3-4-9-16(15)27-2/h3-9,12H,10-11H2,1-2H3,(H,21,26)(H,22,24,25). The number of para-hydroxylation sites is 1. The van der Waals surface area contributed by atoms with Crippen molar-refractivity contribution in [1.82, 2.24) is 15.5 Å². The van der Waals surface area contributed by atoms with Gasteiger partial charge < -0.3 is 15.4 Å². The Balaban J connectivity index is 1.50. The van der Waals surface area contributed by atoms with E-state index in [1.807, 2.05) is 31.2 Å². The summed E-state index contributed by atoms with van der Waals surface area (Å²) in [5, 5.41) is 14.7. The SMILES string of the molecule is COc1ccccc1C(=O)NCCC(=O)Nc1nnc(-c2cccc(C)c2)s1. The predicted octanol–water partition coefficient (Wildman–Crippen LogP) is 3.28. The lowest BCUT2D eigenvalue weighted by atomic mass is 10.1. The van der Waals surface area contributed by atoms with Crippen LogP contribution in [0.2, 0.25) is 0 Å². The summed E-state index contributed by atoms with van der Waals surface area (Å²) in [6, 6.07) is 14.8. The van der Waals surface area contributed by atoms with Gasteiger partial charge in [-0.15, -0.1) is 10.2 Å². The van der Waals surface area contributed by atoms with Crippen LogP contribution in [0.25, 0.3) is 10.6 Å². The predicted molar refractivity (Wildman–Crippen MR) is 109 cm³/mol. The number of amides is 2. The first kappa shape index (κ1) is 19.5. The average Bonchev–Trinajstić information content (AvgIpc) is 3.16. The average molecular weight is 396 g/mol. The Morgan fingerprint density at radius 2 is 1.93 bits per heavy atom. The van der Waals surface area contributed by atoms with Crippen LogP contribution in [0.1, 0.15) is 22.3 Å². The Morgan fingerprint density at radius 1 is 1.11 bits per heavy atom. The summed E-state index contributed by atoms with van der Waals surface area (Å²) in [7, 11) is 1.51. The van der Waals surface area contributed by atoms with E-state index in [0.717, 1.165) is 16.1 Å². The molecular weight excluding hydrogens is 376 g/mol. The Hall–Kier alpha value is -3.26. The second kappa shape index (κ2) is 9.09. The first-order valence-corrected chi connectivity index (χ1v) is 9.50. The van der Waals surface area contributed by atoms with Crippen LogP contribution in [-0.2, 0) is 4.79 Å². The molecule has 0 saturated heterocycles. The van der Waals surface area contributed by atoms with Crippen LogP contribution in [0.5, 0.6) is 5.75 Å². The Bertz CT molecular complexity index is 987. The lowest BCUT2D eigenvalue weighted by Gasteiger charge is -2.08. The van der Waals surface area contributed by atoms with Crippen LogP contribution in [0.15, 0.2) is 48.5 Å². The van der Waals surface area contributed by atoms with E-state index in [4.69, 9.17) is 4.74 Å². The van der Waals surface area contributed by atoms with Crippen LogP contribution in [0, 0.1) is 6.92 Å². The zero-order valence-electron chi connectivity index (χ0n) is 15.6. The molecule has 2 N–H and O–H groups in total. The molecule has 0 bridgehead atoms. The Morgan fingerprint density at radius 3 is 2.71 bits per heavy atom. The number of nitrogens with zero attached hydrogens (tertiary/aromatic N) is 2. The fraction of sp³-hybridized carbons (Fsp3) is 0.200. The number of methoxy groups -OCH3 is 1. The van der Waals surface area contributed by atoms with Crippen LogP contribution in [0.4, 0.5) is 5.13 Å². The van der Waals surface area contributed by atoms with Gasteiger partial charge in [-0.2, -0.15) is 0 Å². The molecule has 0 radical (unpaired) electrons. The molecule has 0 atom stereocenters. The van der Waals surface area contributed by atoms with E-state index in [0.29, 0.717) is 16.4 Å². The quantitative estimate of drug-likeness (QED) is 0.639. The zero-order chi connectivity index (χ0) is 19.9. The molecule has 0 aliphatic carbocycles. The van der Waals surface area contributed by atoms with Gasteiger partial charge in [0, 0.05) is 18.5 Å². The molecule has 2 aromatic carbocycles.